The largest absolute Gasteiger partial charge is 0.342 e. The fourth-order valence-corrected chi connectivity index (χ4v) is 3.24. The lowest BCUT2D eigenvalue weighted by Gasteiger charge is -2.14. The molecule has 0 bridgehead atoms. The average molecular weight is 257 g/mol. The number of aryl methyl sites for hydroxylation is 1. The molecular formula is C10H15N3OS2. The van der Waals surface area contributed by atoms with Crippen molar-refractivity contribution in [1.29, 1.82) is 0 Å². The van der Waals surface area contributed by atoms with Gasteiger partial charge in [-0.25, -0.2) is 0 Å². The predicted octanol–water partition coefficient (Wildman–Crippen LogP) is 1.70. The number of carbonyl (C=O) groups excluding carboxylic acids is 1. The molecule has 1 amide bonds. The number of aromatic nitrogens is 2. The molecule has 0 atom stereocenters. The Bertz CT molecular complexity index is 361. The van der Waals surface area contributed by atoms with Crippen molar-refractivity contribution in [2.75, 3.05) is 18.8 Å². The maximum Gasteiger partial charge on any atom is 0.232 e. The lowest BCUT2D eigenvalue weighted by molar-refractivity contribution is -0.127. The molecule has 0 saturated carbocycles. The maximum absolute atomic E-state index is 11.7. The van der Waals surface area contributed by atoms with Crippen molar-refractivity contribution in [3.8, 4) is 0 Å². The van der Waals surface area contributed by atoms with Crippen LogP contribution in [0.15, 0.2) is 0 Å². The number of carbonyl (C=O) groups is 1. The summed E-state index contributed by atoms with van der Waals surface area (Å²) in [7, 11) is 0. The lowest BCUT2D eigenvalue weighted by Crippen LogP contribution is -2.29. The lowest BCUT2D eigenvalue weighted by atomic mass is 10.4. The van der Waals surface area contributed by atoms with Gasteiger partial charge in [0.05, 0.1) is 28.9 Å². The highest BCUT2D eigenvalue weighted by Gasteiger charge is 2.17. The first-order valence-corrected chi connectivity index (χ1v) is 7.29. The summed E-state index contributed by atoms with van der Waals surface area (Å²) >= 11 is 2.87. The summed E-state index contributed by atoms with van der Waals surface area (Å²) in [5.74, 6) is 1.63. The van der Waals surface area contributed by atoms with Crippen LogP contribution < -0.4 is 0 Å². The van der Waals surface area contributed by atoms with Gasteiger partial charge in [-0.1, -0.05) is 0 Å². The summed E-state index contributed by atoms with van der Waals surface area (Å²) in [5.41, 5.74) is 2.01. The number of amides is 1. The second-order valence-electron chi connectivity index (χ2n) is 3.88. The predicted molar refractivity (Wildman–Crippen MR) is 66.6 cm³/mol. The van der Waals surface area contributed by atoms with Crippen molar-refractivity contribution >= 4 is 29.4 Å². The third kappa shape index (κ3) is 2.95. The molecule has 0 aliphatic carbocycles. The van der Waals surface area contributed by atoms with E-state index >= 15 is 0 Å². The molecule has 0 spiro atoms. The zero-order chi connectivity index (χ0) is 11.4. The maximum atomic E-state index is 11.7. The molecule has 6 heteroatoms. The summed E-state index contributed by atoms with van der Waals surface area (Å²) in [6, 6.07) is 0. The summed E-state index contributed by atoms with van der Waals surface area (Å²) < 4.78 is 8.31. The first-order chi connectivity index (χ1) is 7.77. The first-order valence-electron chi connectivity index (χ1n) is 5.41. The second kappa shape index (κ2) is 5.63. The number of rotatable bonds is 4. The van der Waals surface area contributed by atoms with Crippen LogP contribution in [0.2, 0.25) is 0 Å². The van der Waals surface area contributed by atoms with Gasteiger partial charge < -0.3 is 4.90 Å². The summed E-state index contributed by atoms with van der Waals surface area (Å²) in [4.78, 5) is 13.7. The van der Waals surface area contributed by atoms with Crippen LogP contribution in [0.5, 0.6) is 0 Å². The Kier molecular flexibility index (Phi) is 4.17. The Morgan fingerprint density at radius 2 is 2.19 bits per heavy atom. The van der Waals surface area contributed by atoms with Gasteiger partial charge in [-0.3, -0.25) is 4.79 Å². The van der Waals surface area contributed by atoms with Crippen LogP contribution in [-0.4, -0.2) is 38.4 Å². The third-order valence-corrected chi connectivity index (χ3v) is 4.26. The molecule has 2 heterocycles. The molecule has 88 valence electrons. The van der Waals surface area contributed by atoms with Gasteiger partial charge in [-0.15, -0.1) is 11.8 Å². The molecule has 0 radical (unpaired) electrons. The highest BCUT2D eigenvalue weighted by molar-refractivity contribution is 7.99. The Labute approximate surface area is 104 Å². The number of likely N-dealkylation sites (tertiary alicyclic amines) is 1. The van der Waals surface area contributed by atoms with E-state index in [0.717, 1.165) is 43.1 Å². The summed E-state index contributed by atoms with van der Waals surface area (Å²) in [6.07, 6.45) is 2.32. The highest BCUT2D eigenvalue weighted by atomic mass is 32.2. The fourth-order valence-electron chi connectivity index (χ4n) is 1.67. The van der Waals surface area contributed by atoms with Gasteiger partial charge in [0.25, 0.3) is 0 Å². The van der Waals surface area contributed by atoms with Crippen LogP contribution >= 0.6 is 23.5 Å². The van der Waals surface area contributed by atoms with Crippen molar-refractivity contribution in [2.45, 2.75) is 25.5 Å². The first kappa shape index (κ1) is 11.9. The van der Waals surface area contributed by atoms with Gasteiger partial charge in [0, 0.05) is 18.8 Å². The summed E-state index contributed by atoms with van der Waals surface area (Å²) in [5, 5.41) is 0. The Morgan fingerprint density at radius 3 is 2.81 bits per heavy atom. The molecule has 0 aromatic carbocycles. The quantitative estimate of drug-likeness (QED) is 0.823. The van der Waals surface area contributed by atoms with E-state index in [9.17, 15) is 4.79 Å². The van der Waals surface area contributed by atoms with E-state index < -0.39 is 0 Å². The molecule has 4 nitrogen and oxygen atoms in total. The second-order valence-corrected chi connectivity index (χ2v) is 5.39. The molecule has 1 saturated heterocycles. The van der Waals surface area contributed by atoms with Gasteiger partial charge in [-0.05, 0) is 19.8 Å². The number of hydrogen-bond acceptors (Lipinski definition) is 5. The third-order valence-electron chi connectivity index (χ3n) is 2.67. The van der Waals surface area contributed by atoms with E-state index in [1.807, 2.05) is 11.8 Å². The molecular weight excluding hydrogens is 242 g/mol. The van der Waals surface area contributed by atoms with E-state index in [4.69, 9.17) is 0 Å². The van der Waals surface area contributed by atoms with E-state index in [1.54, 1.807) is 11.8 Å². The van der Waals surface area contributed by atoms with E-state index in [0.29, 0.717) is 5.75 Å². The standard InChI is InChI=1S/C10H15N3OS2/c1-8-9(12-16-11-8)6-15-7-10(14)13-4-2-3-5-13/h2-7H2,1H3. The van der Waals surface area contributed by atoms with Gasteiger partial charge in [-0.2, -0.15) is 8.75 Å². The van der Waals surface area contributed by atoms with Crippen LogP contribution in [0.25, 0.3) is 0 Å². The molecule has 0 unspecified atom stereocenters. The van der Waals surface area contributed by atoms with Crippen molar-refractivity contribution < 1.29 is 4.79 Å². The molecule has 1 aliphatic heterocycles. The van der Waals surface area contributed by atoms with Crippen molar-refractivity contribution in [3.05, 3.63) is 11.4 Å². The molecule has 0 N–H and O–H groups in total. The minimum Gasteiger partial charge on any atom is -0.342 e. The zero-order valence-corrected chi connectivity index (χ0v) is 10.9. The monoisotopic (exact) mass is 257 g/mol. The van der Waals surface area contributed by atoms with Crippen molar-refractivity contribution in [1.82, 2.24) is 13.6 Å². The van der Waals surface area contributed by atoms with Crippen LogP contribution in [0.1, 0.15) is 24.2 Å². The SMILES string of the molecule is Cc1nsnc1CSCC(=O)N1CCCC1. The van der Waals surface area contributed by atoms with Gasteiger partial charge >= 0.3 is 0 Å². The van der Waals surface area contributed by atoms with Crippen LogP contribution in [0.4, 0.5) is 0 Å². The number of thioether (sulfide) groups is 1. The molecule has 1 aromatic rings. The molecule has 1 fully saturated rings. The normalized spacial score (nSPS) is 15.7. The number of nitrogens with zero attached hydrogens (tertiary/aromatic N) is 3. The average Bonchev–Trinajstić information content (AvgIpc) is 2.90. The minimum absolute atomic E-state index is 0.267. The van der Waals surface area contributed by atoms with Gasteiger partial charge in [0.15, 0.2) is 0 Å². The van der Waals surface area contributed by atoms with Gasteiger partial charge in [0.2, 0.25) is 5.91 Å². The van der Waals surface area contributed by atoms with Crippen molar-refractivity contribution in [2.24, 2.45) is 0 Å². The summed E-state index contributed by atoms with van der Waals surface area (Å²) in [6.45, 7) is 3.84. The fraction of sp³-hybridized carbons (Fsp3) is 0.700. The molecule has 1 aliphatic rings. The minimum atomic E-state index is 0.267. The van der Waals surface area contributed by atoms with Gasteiger partial charge in [0.1, 0.15) is 0 Å². The molecule has 16 heavy (non-hydrogen) atoms. The zero-order valence-electron chi connectivity index (χ0n) is 9.31. The van der Waals surface area contributed by atoms with Crippen LogP contribution in [0.3, 0.4) is 0 Å². The van der Waals surface area contributed by atoms with Crippen LogP contribution in [-0.2, 0) is 10.5 Å². The van der Waals surface area contributed by atoms with E-state index in [-0.39, 0.29) is 5.91 Å². The number of hydrogen-bond donors (Lipinski definition) is 0. The Balaban J connectivity index is 1.71. The van der Waals surface area contributed by atoms with Crippen LogP contribution in [0, 0.1) is 6.92 Å². The Hall–Kier alpha value is -0.620. The van der Waals surface area contributed by atoms with E-state index in [1.165, 1.54) is 11.7 Å². The topological polar surface area (TPSA) is 46.1 Å². The molecule has 1 aromatic heterocycles. The highest BCUT2D eigenvalue weighted by Crippen LogP contribution is 2.16. The Morgan fingerprint density at radius 1 is 1.44 bits per heavy atom. The smallest absolute Gasteiger partial charge is 0.232 e. The molecule has 2 rings (SSSR count). The van der Waals surface area contributed by atoms with Crippen molar-refractivity contribution in [3.63, 3.8) is 0 Å². The van der Waals surface area contributed by atoms with E-state index in [2.05, 4.69) is 8.75 Å².